The summed E-state index contributed by atoms with van der Waals surface area (Å²) in [5, 5.41) is 12.6. The zero-order valence-corrected chi connectivity index (χ0v) is 21.4. The van der Waals surface area contributed by atoms with Crippen molar-refractivity contribution < 1.29 is 24.2 Å². The number of nitrogens with one attached hydrogen (secondary N) is 1. The maximum Gasteiger partial charge on any atom is 0.409 e. The van der Waals surface area contributed by atoms with E-state index < -0.39 is 29.8 Å². The molecule has 3 atom stereocenters. The number of carbonyl (C=O) groups is 2. The monoisotopic (exact) mass is 497 g/mol. The fourth-order valence-electron chi connectivity index (χ4n) is 5.13. The van der Waals surface area contributed by atoms with Crippen molar-refractivity contribution in [1.29, 1.82) is 0 Å². The van der Waals surface area contributed by atoms with E-state index >= 15 is 0 Å². The predicted molar refractivity (Wildman–Crippen MR) is 139 cm³/mol. The van der Waals surface area contributed by atoms with Gasteiger partial charge in [-0.25, -0.2) is 4.79 Å². The number of ketones is 1. The van der Waals surface area contributed by atoms with E-state index in [0.717, 1.165) is 5.56 Å². The maximum atomic E-state index is 13.6. The molecule has 6 N–H and O–H groups in total. The number of para-hydroxylation sites is 1. The lowest BCUT2D eigenvalue weighted by Gasteiger charge is -2.44. The first-order valence-electron chi connectivity index (χ1n) is 12.6. The van der Waals surface area contributed by atoms with Crippen LogP contribution in [0.15, 0.2) is 54.6 Å². The number of methoxy groups -OCH3 is 1. The van der Waals surface area contributed by atoms with Crippen LogP contribution < -0.4 is 21.5 Å². The Kier molecular flexibility index (Phi) is 9.48. The lowest BCUT2D eigenvalue weighted by Crippen LogP contribution is -2.53. The number of Topliss-reactive ketones (excluding diaryl/α,β-unsaturated/α-hetero) is 1. The summed E-state index contributed by atoms with van der Waals surface area (Å²) < 4.78 is 11.0. The van der Waals surface area contributed by atoms with Crippen LogP contribution in [0.4, 0.5) is 4.79 Å². The molecule has 1 saturated carbocycles. The zero-order valence-electron chi connectivity index (χ0n) is 21.4. The molecule has 1 fully saturated rings. The van der Waals surface area contributed by atoms with Gasteiger partial charge in [-0.05, 0) is 55.7 Å². The minimum absolute atomic E-state index is 0.185. The van der Waals surface area contributed by atoms with Gasteiger partial charge in [0.2, 0.25) is 0 Å². The molecule has 8 heteroatoms. The van der Waals surface area contributed by atoms with Gasteiger partial charge >= 0.3 is 6.09 Å². The van der Waals surface area contributed by atoms with Crippen LogP contribution in [0.3, 0.4) is 0 Å². The SMILES string of the molecule is COc1ccccc1C(=O)C(N)C1(c2ccccc2)CCC(OC(=O)N[C@H](O)[C@@H](N)CC(C)C)CC1. The largest absolute Gasteiger partial charge is 0.496 e. The van der Waals surface area contributed by atoms with E-state index in [4.69, 9.17) is 20.9 Å². The highest BCUT2D eigenvalue weighted by atomic mass is 16.6. The normalized spacial score (nSPS) is 22.4. The van der Waals surface area contributed by atoms with Gasteiger partial charge < -0.3 is 26.0 Å². The third-order valence-corrected chi connectivity index (χ3v) is 7.11. The Morgan fingerprint density at radius 1 is 1.06 bits per heavy atom. The van der Waals surface area contributed by atoms with Gasteiger partial charge in [0.25, 0.3) is 0 Å². The van der Waals surface area contributed by atoms with Crippen LogP contribution in [0.1, 0.15) is 61.9 Å². The van der Waals surface area contributed by atoms with E-state index in [1.165, 1.54) is 7.11 Å². The van der Waals surface area contributed by atoms with E-state index in [1.54, 1.807) is 18.2 Å². The number of hydrogen-bond acceptors (Lipinski definition) is 7. The van der Waals surface area contributed by atoms with Crippen LogP contribution in [0.5, 0.6) is 5.75 Å². The summed E-state index contributed by atoms with van der Waals surface area (Å²) in [6.07, 6.45) is 0.518. The molecule has 1 unspecified atom stereocenters. The van der Waals surface area contributed by atoms with Crippen molar-refractivity contribution in [2.75, 3.05) is 7.11 Å². The molecule has 0 spiro atoms. The van der Waals surface area contributed by atoms with Crippen molar-refractivity contribution in [3.63, 3.8) is 0 Å². The summed E-state index contributed by atoms with van der Waals surface area (Å²) in [5.74, 6) is 0.597. The maximum absolute atomic E-state index is 13.6. The summed E-state index contributed by atoms with van der Waals surface area (Å²) in [4.78, 5) is 26.0. The van der Waals surface area contributed by atoms with Crippen LogP contribution in [-0.2, 0) is 10.2 Å². The number of hydrogen-bond donors (Lipinski definition) is 4. The van der Waals surface area contributed by atoms with Crippen molar-refractivity contribution in [2.24, 2.45) is 17.4 Å². The molecular weight excluding hydrogens is 458 g/mol. The van der Waals surface area contributed by atoms with Crippen LogP contribution in [-0.4, -0.2) is 48.5 Å². The van der Waals surface area contributed by atoms with Gasteiger partial charge in [0, 0.05) is 11.5 Å². The molecule has 0 heterocycles. The van der Waals surface area contributed by atoms with Crippen molar-refractivity contribution in [2.45, 2.75) is 75.8 Å². The van der Waals surface area contributed by atoms with Crippen molar-refractivity contribution in [1.82, 2.24) is 5.32 Å². The number of aliphatic hydroxyl groups is 1. The number of rotatable bonds is 10. The lowest BCUT2D eigenvalue weighted by molar-refractivity contribution is 0.0317. The van der Waals surface area contributed by atoms with Crippen LogP contribution in [0, 0.1) is 5.92 Å². The van der Waals surface area contributed by atoms with Gasteiger partial charge in [0.1, 0.15) is 18.1 Å². The molecule has 1 aliphatic rings. The van der Waals surface area contributed by atoms with Crippen molar-refractivity contribution in [3.8, 4) is 5.75 Å². The Balaban J connectivity index is 1.72. The van der Waals surface area contributed by atoms with E-state index in [9.17, 15) is 14.7 Å². The molecule has 36 heavy (non-hydrogen) atoms. The van der Waals surface area contributed by atoms with Gasteiger partial charge in [-0.1, -0.05) is 56.3 Å². The summed E-state index contributed by atoms with van der Waals surface area (Å²) in [6.45, 7) is 3.99. The number of benzene rings is 2. The topological polar surface area (TPSA) is 137 Å². The molecule has 0 bridgehead atoms. The Morgan fingerprint density at radius 3 is 2.28 bits per heavy atom. The van der Waals surface area contributed by atoms with E-state index in [2.05, 4.69) is 5.32 Å². The molecule has 2 aromatic carbocycles. The number of aliphatic hydroxyl groups excluding tert-OH is 1. The summed E-state index contributed by atoms with van der Waals surface area (Å²) >= 11 is 0. The number of ether oxygens (including phenoxy) is 2. The molecule has 3 rings (SSSR count). The lowest BCUT2D eigenvalue weighted by atomic mass is 9.63. The Morgan fingerprint density at radius 2 is 1.67 bits per heavy atom. The van der Waals surface area contributed by atoms with Gasteiger partial charge in [-0.2, -0.15) is 0 Å². The molecule has 0 radical (unpaired) electrons. The van der Waals surface area contributed by atoms with E-state index in [-0.39, 0.29) is 11.9 Å². The Bertz CT molecular complexity index is 1010. The van der Waals surface area contributed by atoms with Gasteiger partial charge in [-0.3, -0.25) is 10.1 Å². The fourth-order valence-corrected chi connectivity index (χ4v) is 5.13. The molecule has 0 aliphatic heterocycles. The first-order valence-corrected chi connectivity index (χ1v) is 12.6. The van der Waals surface area contributed by atoms with Gasteiger partial charge in [0.15, 0.2) is 5.78 Å². The predicted octanol–water partition coefficient (Wildman–Crippen LogP) is 3.50. The molecule has 0 aromatic heterocycles. The average Bonchev–Trinajstić information content (AvgIpc) is 2.88. The highest BCUT2D eigenvalue weighted by Crippen LogP contribution is 2.43. The number of amides is 1. The van der Waals surface area contributed by atoms with Crippen LogP contribution in [0.2, 0.25) is 0 Å². The second kappa shape index (κ2) is 12.3. The van der Waals surface area contributed by atoms with Gasteiger partial charge in [0.05, 0.1) is 18.7 Å². The van der Waals surface area contributed by atoms with Crippen LogP contribution in [0.25, 0.3) is 0 Å². The Labute approximate surface area is 213 Å². The molecule has 8 nitrogen and oxygen atoms in total. The second-order valence-corrected chi connectivity index (χ2v) is 10.1. The highest BCUT2D eigenvalue weighted by molar-refractivity contribution is 6.03. The fraction of sp³-hybridized carbons (Fsp3) is 0.500. The van der Waals surface area contributed by atoms with Crippen molar-refractivity contribution in [3.05, 3.63) is 65.7 Å². The standard InChI is InChI=1S/C28H39N3O5/c1-18(2)17-22(29)26(33)31-27(34)36-20-13-15-28(16-14-20,19-9-5-4-6-10-19)25(30)24(32)21-11-7-8-12-23(21)35-3/h4-12,18,20,22,25-26,33H,13-17,29-30H2,1-3H3,(H,31,34)/t20?,22-,25?,26+,28?/m0/s1. The van der Waals surface area contributed by atoms with Crippen LogP contribution >= 0.6 is 0 Å². The molecule has 1 aliphatic carbocycles. The second-order valence-electron chi connectivity index (χ2n) is 10.1. The highest BCUT2D eigenvalue weighted by Gasteiger charge is 2.46. The average molecular weight is 498 g/mol. The molecule has 196 valence electrons. The Hall–Kier alpha value is -2.94. The number of carbonyl (C=O) groups excluding carboxylic acids is 2. The minimum atomic E-state index is -1.18. The quantitative estimate of drug-likeness (QED) is 0.291. The summed E-state index contributed by atoms with van der Waals surface area (Å²) in [5.41, 5.74) is 13.5. The van der Waals surface area contributed by atoms with Crippen molar-refractivity contribution >= 4 is 11.9 Å². The summed E-state index contributed by atoms with van der Waals surface area (Å²) in [7, 11) is 1.53. The smallest absolute Gasteiger partial charge is 0.409 e. The number of alkyl carbamates (subject to hydrolysis) is 1. The molecule has 1 amide bonds. The first kappa shape index (κ1) is 27.6. The first-order chi connectivity index (χ1) is 17.2. The molecule has 0 saturated heterocycles. The molecular formula is C28H39N3O5. The zero-order chi connectivity index (χ0) is 26.3. The third kappa shape index (κ3) is 6.43. The molecule has 2 aromatic rings. The van der Waals surface area contributed by atoms with E-state index in [0.29, 0.717) is 49.3 Å². The van der Waals surface area contributed by atoms with Gasteiger partial charge in [-0.15, -0.1) is 0 Å². The number of nitrogens with two attached hydrogens (primary N) is 2. The van der Waals surface area contributed by atoms with E-state index in [1.807, 2.05) is 50.2 Å². The minimum Gasteiger partial charge on any atom is -0.496 e. The third-order valence-electron chi connectivity index (χ3n) is 7.11. The summed E-state index contributed by atoms with van der Waals surface area (Å²) in [6, 6.07) is 15.5.